The summed E-state index contributed by atoms with van der Waals surface area (Å²) in [7, 11) is 1.71. The highest BCUT2D eigenvalue weighted by molar-refractivity contribution is 6.31. The van der Waals surface area contributed by atoms with Crippen molar-refractivity contribution in [2.45, 2.75) is 25.9 Å². The van der Waals surface area contributed by atoms with Gasteiger partial charge in [-0.25, -0.2) is 0 Å². The number of carbonyl (C=O) groups is 1. The van der Waals surface area contributed by atoms with Crippen LogP contribution < -0.4 is 11.1 Å². The van der Waals surface area contributed by atoms with Crippen LogP contribution in [-0.4, -0.2) is 22.7 Å². The maximum absolute atomic E-state index is 12.1. The third-order valence-corrected chi connectivity index (χ3v) is 4.34. The summed E-state index contributed by atoms with van der Waals surface area (Å²) in [6.45, 7) is 3.98. The first kappa shape index (κ1) is 15.5. The number of amides is 1. The van der Waals surface area contributed by atoms with Crippen molar-refractivity contribution in [3.8, 4) is 0 Å². The molecular formula is C15H19ClN4O. The Morgan fingerprint density at radius 3 is 2.43 bits per heavy atom. The molecule has 0 saturated carbocycles. The zero-order valence-corrected chi connectivity index (χ0v) is 13.1. The van der Waals surface area contributed by atoms with Crippen molar-refractivity contribution in [1.82, 2.24) is 15.1 Å². The van der Waals surface area contributed by atoms with Crippen molar-refractivity contribution in [2.75, 3.05) is 7.05 Å². The Hall–Kier alpha value is -1.85. The van der Waals surface area contributed by atoms with E-state index in [-0.39, 0.29) is 6.54 Å². The molecule has 0 spiro atoms. The number of likely N-dealkylation sites (N-methyl/N-ethyl adjacent to an activating group) is 1. The second kappa shape index (κ2) is 5.87. The number of carbonyl (C=O) groups excluding carboxylic acids is 1. The fourth-order valence-electron chi connectivity index (χ4n) is 2.43. The van der Waals surface area contributed by atoms with Crippen LogP contribution in [0.2, 0.25) is 5.02 Å². The van der Waals surface area contributed by atoms with Gasteiger partial charge in [-0.15, -0.1) is 0 Å². The summed E-state index contributed by atoms with van der Waals surface area (Å²) in [4.78, 5) is 12.1. The molecule has 3 N–H and O–H groups in total. The number of aryl methyl sites for hydroxylation is 1. The van der Waals surface area contributed by atoms with Crippen LogP contribution in [0.25, 0.3) is 0 Å². The number of benzene rings is 1. The molecule has 1 aromatic carbocycles. The van der Waals surface area contributed by atoms with Crippen molar-refractivity contribution >= 4 is 17.5 Å². The molecule has 2 rings (SSSR count). The van der Waals surface area contributed by atoms with Gasteiger partial charge >= 0.3 is 0 Å². The Bertz CT molecular complexity index is 653. The highest BCUT2D eigenvalue weighted by atomic mass is 35.5. The minimum absolute atomic E-state index is 0.280. The molecule has 6 heteroatoms. The van der Waals surface area contributed by atoms with E-state index < -0.39 is 11.4 Å². The Labute approximate surface area is 129 Å². The fraction of sp³-hybridized carbons (Fsp3) is 0.333. The monoisotopic (exact) mass is 306 g/mol. The van der Waals surface area contributed by atoms with Gasteiger partial charge in [0.1, 0.15) is 5.54 Å². The zero-order chi connectivity index (χ0) is 15.6. The van der Waals surface area contributed by atoms with Crippen molar-refractivity contribution < 1.29 is 4.79 Å². The number of nitrogens with one attached hydrogen (secondary N) is 1. The van der Waals surface area contributed by atoms with Crippen LogP contribution in [-0.2, 0) is 16.9 Å². The van der Waals surface area contributed by atoms with Gasteiger partial charge in [-0.05, 0) is 26.5 Å². The van der Waals surface area contributed by atoms with Crippen LogP contribution in [0, 0.1) is 13.8 Å². The van der Waals surface area contributed by atoms with Gasteiger partial charge in [-0.2, -0.15) is 5.10 Å². The molecule has 0 aliphatic carbocycles. The smallest absolute Gasteiger partial charge is 0.244 e. The van der Waals surface area contributed by atoms with E-state index in [1.807, 2.05) is 44.2 Å². The third kappa shape index (κ3) is 2.66. The minimum Gasteiger partial charge on any atom is -0.368 e. The average Bonchev–Trinajstić information content (AvgIpc) is 2.72. The normalized spacial score (nSPS) is 13.9. The summed E-state index contributed by atoms with van der Waals surface area (Å²) in [5, 5.41) is 8.05. The number of hydrogen-bond acceptors (Lipinski definition) is 3. The number of nitrogens with two attached hydrogens (primary N) is 1. The zero-order valence-electron chi connectivity index (χ0n) is 12.4. The number of aromatic nitrogens is 2. The third-order valence-electron chi connectivity index (χ3n) is 3.79. The van der Waals surface area contributed by atoms with E-state index in [1.165, 1.54) is 0 Å². The molecule has 112 valence electrons. The molecule has 0 fully saturated rings. The molecule has 0 saturated heterocycles. The standard InChI is InChI=1S/C15H19ClN4O/c1-10-13(16)11(2)20(19-10)9-15(18-3,14(17)21)12-7-5-4-6-8-12/h4-8,18H,9H2,1-3H3,(H2,17,21). The molecule has 1 heterocycles. The van der Waals surface area contributed by atoms with Crippen molar-refractivity contribution in [3.63, 3.8) is 0 Å². The molecule has 21 heavy (non-hydrogen) atoms. The summed E-state index contributed by atoms with van der Waals surface area (Å²) < 4.78 is 1.71. The predicted molar refractivity (Wildman–Crippen MR) is 83.1 cm³/mol. The van der Waals surface area contributed by atoms with E-state index in [9.17, 15) is 4.79 Å². The van der Waals surface area contributed by atoms with E-state index >= 15 is 0 Å². The molecule has 0 radical (unpaired) electrons. The van der Waals surface area contributed by atoms with Crippen LogP contribution in [0.1, 0.15) is 17.0 Å². The number of halogens is 1. The first-order valence-corrected chi connectivity index (χ1v) is 7.04. The van der Waals surface area contributed by atoms with Gasteiger partial charge in [0.2, 0.25) is 5.91 Å². The lowest BCUT2D eigenvalue weighted by Crippen LogP contribution is -2.54. The van der Waals surface area contributed by atoms with Crippen molar-refractivity contribution in [1.29, 1.82) is 0 Å². The fourth-order valence-corrected chi connectivity index (χ4v) is 2.57. The largest absolute Gasteiger partial charge is 0.368 e. The first-order valence-electron chi connectivity index (χ1n) is 6.66. The number of hydrogen-bond donors (Lipinski definition) is 2. The Balaban J connectivity index is 2.51. The first-order chi connectivity index (χ1) is 9.92. The number of primary amides is 1. The Kier molecular flexibility index (Phi) is 4.34. The Morgan fingerprint density at radius 2 is 2.00 bits per heavy atom. The van der Waals surface area contributed by atoms with Gasteiger partial charge in [-0.3, -0.25) is 9.48 Å². The van der Waals surface area contributed by atoms with Crippen LogP contribution in [0.4, 0.5) is 0 Å². The van der Waals surface area contributed by atoms with Crippen molar-refractivity contribution in [2.24, 2.45) is 5.73 Å². The van der Waals surface area contributed by atoms with Gasteiger partial charge in [0, 0.05) is 0 Å². The van der Waals surface area contributed by atoms with Crippen LogP contribution in [0.15, 0.2) is 30.3 Å². The highest BCUT2D eigenvalue weighted by Gasteiger charge is 2.38. The molecule has 0 aliphatic heterocycles. The quantitative estimate of drug-likeness (QED) is 0.884. The van der Waals surface area contributed by atoms with Gasteiger partial charge in [0.15, 0.2) is 0 Å². The molecule has 1 amide bonds. The molecule has 1 unspecified atom stereocenters. The van der Waals surface area contributed by atoms with Crippen LogP contribution in [0.5, 0.6) is 0 Å². The van der Waals surface area contributed by atoms with E-state index in [0.29, 0.717) is 5.02 Å². The molecule has 0 aliphatic rings. The van der Waals surface area contributed by atoms with E-state index in [0.717, 1.165) is 17.0 Å². The maximum Gasteiger partial charge on any atom is 0.244 e. The second-order valence-corrected chi connectivity index (χ2v) is 5.41. The summed E-state index contributed by atoms with van der Waals surface area (Å²) in [5.41, 5.74) is 6.99. The Morgan fingerprint density at radius 1 is 1.38 bits per heavy atom. The molecule has 2 aromatic rings. The molecular weight excluding hydrogens is 288 g/mol. The lowest BCUT2D eigenvalue weighted by atomic mass is 9.89. The average molecular weight is 307 g/mol. The topological polar surface area (TPSA) is 72.9 Å². The summed E-state index contributed by atoms with van der Waals surface area (Å²) in [6.07, 6.45) is 0. The summed E-state index contributed by atoms with van der Waals surface area (Å²) in [6, 6.07) is 9.38. The predicted octanol–water partition coefficient (Wildman–Crippen LogP) is 1.75. The summed E-state index contributed by atoms with van der Waals surface area (Å²) in [5.74, 6) is -0.458. The van der Waals surface area contributed by atoms with Gasteiger partial charge in [0.05, 0.1) is 23.0 Å². The lowest BCUT2D eigenvalue weighted by molar-refractivity contribution is -0.125. The summed E-state index contributed by atoms with van der Waals surface area (Å²) >= 11 is 6.18. The van der Waals surface area contributed by atoms with Crippen LogP contribution >= 0.6 is 11.6 Å². The highest BCUT2D eigenvalue weighted by Crippen LogP contribution is 2.26. The van der Waals surface area contributed by atoms with Gasteiger partial charge in [-0.1, -0.05) is 41.9 Å². The SMILES string of the molecule is CNC(Cn1nc(C)c(Cl)c1C)(C(N)=O)c1ccccc1. The van der Waals surface area contributed by atoms with Crippen LogP contribution in [0.3, 0.4) is 0 Å². The molecule has 0 bridgehead atoms. The maximum atomic E-state index is 12.1. The molecule has 1 atom stereocenters. The van der Waals surface area contributed by atoms with Crippen molar-refractivity contribution in [3.05, 3.63) is 52.3 Å². The molecule has 1 aromatic heterocycles. The van der Waals surface area contributed by atoms with E-state index in [1.54, 1.807) is 11.7 Å². The van der Waals surface area contributed by atoms with Gasteiger partial charge < -0.3 is 11.1 Å². The van der Waals surface area contributed by atoms with E-state index in [4.69, 9.17) is 17.3 Å². The van der Waals surface area contributed by atoms with E-state index in [2.05, 4.69) is 10.4 Å². The number of nitrogens with zero attached hydrogens (tertiary/aromatic N) is 2. The minimum atomic E-state index is -1.03. The molecule has 5 nitrogen and oxygen atoms in total. The lowest BCUT2D eigenvalue weighted by Gasteiger charge is -2.31. The second-order valence-electron chi connectivity index (χ2n) is 5.03. The number of rotatable bonds is 5. The van der Waals surface area contributed by atoms with Gasteiger partial charge in [0.25, 0.3) is 0 Å².